The summed E-state index contributed by atoms with van der Waals surface area (Å²) in [6.07, 6.45) is 93.3. The van der Waals surface area contributed by atoms with Crippen LogP contribution >= 0.6 is 0 Å². The van der Waals surface area contributed by atoms with Gasteiger partial charge in [0.05, 0.1) is 0 Å². The largest absolute Gasteiger partial charge is 0.462 e. The lowest BCUT2D eigenvalue weighted by Gasteiger charge is -2.18. The number of carbonyl (C=O) groups excluding carboxylic acids is 3. The van der Waals surface area contributed by atoms with Crippen molar-refractivity contribution in [3.63, 3.8) is 0 Å². The molecule has 474 valence electrons. The van der Waals surface area contributed by atoms with E-state index >= 15 is 0 Å². The van der Waals surface area contributed by atoms with Gasteiger partial charge in [0.15, 0.2) is 6.10 Å². The minimum Gasteiger partial charge on any atom is -0.462 e. The van der Waals surface area contributed by atoms with Crippen molar-refractivity contribution in [3.05, 3.63) is 85.1 Å². The Morgan fingerprint density at radius 1 is 0.256 bits per heavy atom. The molecule has 6 heteroatoms. The van der Waals surface area contributed by atoms with Crippen LogP contribution in [0.4, 0.5) is 0 Å². The average Bonchev–Trinajstić information content (AvgIpc) is 3.47. The van der Waals surface area contributed by atoms with Crippen LogP contribution in [0.1, 0.15) is 361 Å². The Labute approximate surface area is 509 Å². The molecule has 0 fully saturated rings. The Kier molecular flexibility index (Phi) is 67.2. The number of esters is 3. The topological polar surface area (TPSA) is 78.9 Å². The maximum atomic E-state index is 12.9. The van der Waals surface area contributed by atoms with Gasteiger partial charge in [0.25, 0.3) is 0 Å². The molecular weight excluding hydrogens is 1010 g/mol. The van der Waals surface area contributed by atoms with E-state index in [0.717, 1.165) is 103 Å². The predicted molar refractivity (Wildman–Crippen MR) is 358 cm³/mol. The van der Waals surface area contributed by atoms with Gasteiger partial charge in [-0.3, -0.25) is 14.4 Å². The second-order valence-corrected chi connectivity index (χ2v) is 23.8. The summed E-state index contributed by atoms with van der Waals surface area (Å²) < 4.78 is 17.0. The fourth-order valence-electron chi connectivity index (χ4n) is 10.4. The molecule has 0 aliphatic carbocycles. The summed E-state index contributed by atoms with van der Waals surface area (Å²) in [5.41, 5.74) is 0. The maximum Gasteiger partial charge on any atom is 0.306 e. The number of hydrogen-bond acceptors (Lipinski definition) is 6. The van der Waals surface area contributed by atoms with Gasteiger partial charge >= 0.3 is 17.9 Å². The average molecular weight is 1140 g/mol. The maximum absolute atomic E-state index is 12.9. The van der Waals surface area contributed by atoms with Crippen LogP contribution in [-0.4, -0.2) is 37.2 Å². The van der Waals surface area contributed by atoms with E-state index in [0.29, 0.717) is 19.3 Å². The van der Waals surface area contributed by atoms with Crippen LogP contribution in [0.2, 0.25) is 0 Å². The first-order chi connectivity index (χ1) is 40.5. The molecule has 6 nitrogen and oxygen atoms in total. The van der Waals surface area contributed by atoms with Crippen molar-refractivity contribution in [2.45, 2.75) is 367 Å². The summed E-state index contributed by atoms with van der Waals surface area (Å²) in [6.45, 7) is 6.58. The van der Waals surface area contributed by atoms with E-state index in [4.69, 9.17) is 14.2 Å². The van der Waals surface area contributed by atoms with E-state index in [1.165, 1.54) is 218 Å². The van der Waals surface area contributed by atoms with Gasteiger partial charge in [-0.25, -0.2) is 0 Å². The molecule has 0 aliphatic heterocycles. The molecule has 0 N–H and O–H groups in total. The van der Waals surface area contributed by atoms with Crippen LogP contribution in [-0.2, 0) is 28.6 Å². The van der Waals surface area contributed by atoms with E-state index in [1.54, 1.807) is 0 Å². The zero-order valence-corrected chi connectivity index (χ0v) is 54.5. The van der Waals surface area contributed by atoms with Crippen molar-refractivity contribution in [1.29, 1.82) is 0 Å². The fraction of sp³-hybridized carbons (Fsp3) is 0.776. The van der Waals surface area contributed by atoms with Crippen molar-refractivity contribution in [2.75, 3.05) is 13.2 Å². The van der Waals surface area contributed by atoms with Crippen LogP contribution < -0.4 is 0 Å². The van der Waals surface area contributed by atoms with Gasteiger partial charge < -0.3 is 14.2 Å². The Morgan fingerprint density at radius 3 is 0.744 bits per heavy atom. The van der Waals surface area contributed by atoms with Crippen LogP contribution in [0.15, 0.2) is 85.1 Å². The first-order valence-corrected chi connectivity index (χ1v) is 35.6. The van der Waals surface area contributed by atoms with Crippen molar-refractivity contribution < 1.29 is 28.6 Å². The molecule has 0 rings (SSSR count). The van der Waals surface area contributed by atoms with E-state index in [2.05, 4.69) is 106 Å². The van der Waals surface area contributed by atoms with E-state index in [1.807, 2.05) is 0 Å². The number of hydrogen-bond donors (Lipinski definition) is 0. The third-order valence-corrected chi connectivity index (χ3v) is 15.7. The molecule has 0 bridgehead atoms. The van der Waals surface area contributed by atoms with E-state index in [-0.39, 0.29) is 31.1 Å². The lowest BCUT2D eigenvalue weighted by atomic mass is 10.0. The zero-order chi connectivity index (χ0) is 59.2. The molecule has 0 aromatic carbocycles. The molecule has 82 heavy (non-hydrogen) atoms. The van der Waals surface area contributed by atoms with Gasteiger partial charge in [0.1, 0.15) is 13.2 Å². The minimum atomic E-state index is -0.772. The number of allylic oxidation sites excluding steroid dienone is 14. The van der Waals surface area contributed by atoms with Gasteiger partial charge in [-0.05, 0) is 77.0 Å². The monoisotopic (exact) mass is 1140 g/mol. The third kappa shape index (κ3) is 67.4. The minimum absolute atomic E-state index is 0.0691. The van der Waals surface area contributed by atoms with E-state index < -0.39 is 6.10 Å². The molecule has 0 aromatic heterocycles. The molecule has 0 spiro atoms. The van der Waals surface area contributed by atoms with Crippen molar-refractivity contribution >= 4 is 17.9 Å². The summed E-state index contributed by atoms with van der Waals surface area (Å²) >= 11 is 0. The first-order valence-electron chi connectivity index (χ1n) is 35.6. The van der Waals surface area contributed by atoms with Gasteiger partial charge in [-0.15, -0.1) is 0 Å². The Bertz CT molecular complexity index is 1550. The van der Waals surface area contributed by atoms with Gasteiger partial charge in [-0.2, -0.15) is 0 Å². The molecule has 0 aromatic rings. The standard InChI is InChI=1S/C76H134O6/c1-4-7-10-13-16-19-22-25-27-29-30-31-32-33-34-35-36-37-38-39-40-41-42-43-44-45-46-47-49-51-54-57-60-63-66-69-75(78)81-72-73(71-80-74(77)68-65-62-59-56-53-50-24-21-18-15-12-9-6-3)82-76(79)70-67-64-61-58-55-52-48-28-26-23-20-17-14-11-8-5-2/h7,10,16,19,25,27,30-31,33-34,36-37,39-40,73H,4-6,8-9,11-15,17-18,20-24,26,28-29,32,35,38,41-72H2,1-3H3/b10-7-,19-16-,27-25-,31-30-,34-33-,37-36-,40-39-. The highest BCUT2D eigenvalue weighted by Crippen LogP contribution is 2.18. The molecule has 0 amide bonds. The molecule has 0 saturated carbocycles. The predicted octanol–water partition coefficient (Wildman–Crippen LogP) is 24.6. The Morgan fingerprint density at radius 2 is 0.476 bits per heavy atom. The molecule has 0 heterocycles. The molecule has 0 aliphatic rings. The van der Waals surface area contributed by atoms with E-state index in [9.17, 15) is 14.4 Å². The highest BCUT2D eigenvalue weighted by Gasteiger charge is 2.19. The first kappa shape index (κ1) is 78.6. The SMILES string of the molecule is CC/C=C\C/C=C\C/C=C\C/C=C\C/C=C\C/C=C\C/C=C\CCCCCCCCCCCCCCCC(=O)OCC(COC(=O)CCCCCCCCCCCCCCC)OC(=O)CCCCCCCCCCCCCCCCCC. The normalized spacial score (nSPS) is 12.6. The highest BCUT2D eigenvalue weighted by atomic mass is 16.6. The number of carbonyl (C=O) groups is 3. The van der Waals surface area contributed by atoms with Gasteiger partial charge in [0, 0.05) is 19.3 Å². The van der Waals surface area contributed by atoms with Crippen LogP contribution in [0.3, 0.4) is 0 Å². The van der Waals surface area contributed by atoms with Crippen molar-refractivity contribution in [1.82, 2.24) is 0 Å². The number of unbranched alkanes of at least 4 members (excludes halogenated alkanes) is 40. The second kappa shape index (κ2) is 70.1. The fourth-order valence-corrected chi connectivity index (χ4v) is 10.4. The number of rotatable bonds is 65. The molecule has 1 unspecified atom stereocenters. The molecular formula is C76H134O6. The Balaban J connectivity index is 4.16. The Hall–Kier alpha value is -3.41. The van der Waals surface area contributed by atoms with Crippen molar-refractivity contribution in [2.24, 2.45) is 0 Å². The summed E-state index contributed by atoms with van der Waals surface area (Å²) in [5, 5.41) is 0. The summed E-state index contributed by atoms with van der Waals surface area (Å²) in [4.78, 5) is 38.4. The van der Waals surface area contributed by atoms with Gasteiger partial charge in [0.2, 0.25) is 0 Å². The molecule has 1 atom stereocenters. The summed E-state index contributed by atoms with van der Waals surface area (Å²) in [7, 11) is 0. The zero-order valence-electron chi connectivity index (χ0n) is 54.5. The summed E-state index contributed by atoms with van der Waals surface area (Å²) in [6, 6.07) is 0. The van der Waals surface area contributed by atoms with Crippen LogP contribution in [0, 0.1) is 0 Å². The molecule has 0 radical (unpaired) electrons. The number of ether oxygens (including phenoxy) is 3. The van der Waals surface area contributed by atoms with Crippen LogP contribution in [0.25, 0.3) is 0 Å². The van der Waals surface area contributed by atoms with Crippen LogP contribution in [0.5, 0.6) is 0 Å². The summed E-state index contributed by atoms with van der Waals surface area (Å²) in [5.74, 6) is -0.848. The molecule has 0 saturated heterocycles. The smallest absolute Gasteiger partial charge is 0.306 e. The lowest BCUT2D eigenvalue weighted by Crippen LogP contribution is -2.30. The highest BCUT2D eigenvalue weighted by molar-refractivity contribution is 5.71. The third-order valence-electron chi connectivity index (χ3n) is 15.7. The lowest BCUT2D eigenvalue weighted by molar-refractivity contribution is -0.167. The van der Waals surface area contributed by atoms with Crippen molar-refractivity contribution in [3.8, 4) is 0 Å². The van der Waals surface area contributed by atoms with Gasteiger partial charge in [-0.1, -0.05) is 350 Å². The quantitative estimate of drug-likeness (QED) is 0.0261. The second-order valence-electron chi connectivity index (χ2n) is 23.8.